The lowest BCUT2D eigenvalue weighted by atomic mass is 10.2. The Morgan fingerprint density at radius 2 is 1.76 bits per heavy atom. The summed E-state index contributed by atoms with van der Waals surface area (Å²) in [7, 11) is 0. The average Bonchev–Trinajstić information content (AvgIpc) is 2.18. The van der Waals surface area contributed by atoms with Crippen LogP contribution in [-0.2, 0) is 0 Å². The predicted octanol–water partition coefficient (Wildman–Crippen LogP) is 1.47. The molecule has 1 rings (SSSR count). The van der Waals surface area contributed by atoms with Gasteiger partial charge in [-0.05, 0) is 50.6 Å². The van der Waals surface area contributed by atoms with Crippen LogP contribution < -0.4 is 16.2 Å². The maximum Gasteiger partial charge on any atom is 0.211 e. The highest BCUT2D eigenvalue weighted by atomic mass is 16.5. The van der Waals surface area contributed by atoms with Crippen LogP contribution in [0.2, 0.25) is 0 Å². The number of ether oxygens (including phenoxy) is 1. The third-order valence-electron chi connectivity index (χ3n) is 1.68. The van der Waals surface area contributed by atoms with E-state index in [0.717, 1.165) is 11.3 Å². The van der Waals surface area contributed by atoms with Crippen molar-refractivity contribution in [3.05, 3.63) is 29.8 Å². The van der Waals surface area contributed by atoms with Crippen molar-refractivity contribution < 1.29 is 4.74 Å². The minimum Gasteiger partial charge on any atom is -0.488 e. The SMILES string of the molecule is CC(C)(C)Oc1ccc(/C=N/N=C(N)N)cc1. The topological polar surface area (TPSA) is 86.0 Å². The predicted molar refractivity (Wildman–Crippen MR) is 70.2 cm³/mol. The Morgan fingerprint density at radius 1 is 1.18 bits per heavy atom. The summed E-state index contributed by atoms with van der Waals surface area (Å²) in [5.74, 6) is 0.755. The molecule has 0 aliphatic rings. The normalized spacial score (nSPS) is 11.5. The van der Waals surface area contributed by atoms with E-state index < -0.39 is 0 Å². The van der Waals surface area contributed by atoms with Gasteiger partial charge in [-0.2, -0.15) is 5.10 Å². The van der Waals surface area contributed by atoms with Crippen LogP contribution >= 0.6 is 0 Å². The van der Waals surface area contributed by atoms with Crippen molar-refractivity contribution in [2.24, 2.45) is 21.7 Å². The maximum atomic E-state index is 5.69. The zero-order valence-corrected chi connectivity index (χ0v) is 10.3. The van der Waals surface area contributed by atoms with Crippen molar-refractivity contribution in [1.29, 1.82) is 0 Å². The molecule has 0 aromatic heterocycles. The Hall–Kier alpha value is -2.04. The van der Waals surface area contributed by atoms with Crippen molar-refractivity contribution in [2.45, 2.75) is 26.4 Å². The van der Waals surface area contributed by atoms with Crippen molar-refractivity contribution in [1.82, 2.24) is 0 Å². The smallest absolute Gasteiger partial charge is 0.211 e. The first-order valence-corrected chi connectivity index (χ1v) is 5.28. The molecule has 4 N–H and O–H groups in total. The number of guanidine groups is 1. The molecule has 0 fully saturated rings. The van der Waals surface area contributed by atoms with E-state index in [1.807, 2.05) is 45.0 Å². The second-order valence-electron chi connectivity index (χ2n) is 4.55. The Labute approximate surface area is 101 Å². The molecule has 1 aromatic rings. The van der Waals surface area contributed by atoms with Crippen molar-refractivity contribution in [3.8, 4) is 5.75 Å². The van der Waals surface area contributed by atoms with Crippen LogP contribution in [0.25, 0.3) is 0 Å². The summed E-state index contributed by atoms with van der Waals surface area (Å²) in [4.78, 5) is 0. The summed E-state index contributed by atoms with van der Waals surface area (Å²) in [6, 6.07) is 7.52. The molecule has 0 bridgehead atoms. The van der Waals surface area contributed by atoms with Gasteiger partial charge in [0, 0.05) is 0 Å². The number of hydrogen-bond acceptors (Lipinski definition) is 3. The monoisotopic (exact) mass is 234 g/mol. The van der Waals surface area contributed by atoms with Crippen molar-refractivity contribution in [2.75, 3.05) is 0 Å². The average molecular weight is 234 g/mol. The van der Waals surface area contributed by atoms with Crippen LogP contribution in [0.4, 0.5) is 0 Å². The Balaban J connectivity index is 2.69. The molecule has 0 unspecified atom stereocenters. The largest absolute Gasteiger partial charge is 0.488 e. The molecule has 0 saturated heterocycles. The van der Waals surface area contributed by atoms with E-state index in [1.165, 1.54) is 0 Å². The van der Waals surface area contributed by atoms with E-state index in [4.69, 9.17) is 16.2 Å². The lowest BCUT2D eigenvalue weighted by Crippen LogP contribution is -2.22. The second-order valence-corrected chi connectivity index (χ2v) is 4.55. The highest BCUT2D eigenvalue weighted by molar-refractivity contribution is 5.81. The molecule has 0 aliphatic carbocycles. The van der Waals surface area contributed by atoms with Gasteiger partial charge in [-0.3, -0.25) is 0 Å². The molecule has 92 valence electrons. The standard InChI is InChI=1S/C12H18N4O/c1-12(2,3)17-10-6-4-9(5-7-10)8-15-16-11(13)14/h4-8H,1-3H3,(H4,13,14,16)/b15-8+. The first kappa shape index (κ1) is 13.0. The number of nitrogens with zero attached hydrogens (tertiary/aromatic N) is 2. The summed E-state index contributed by atoms with van der Waals surface area (Å²) in [5.41, 5.74) is 11.0. The molecular weight excluding hydrogens is 216 g/mol. The minimum absolute atomic E-state index is 0.0612. The van der Waals surface area contributed by atoms with E-state index in [2.05, 4.69) is 10.2 Å². The third-order valence-corrected chi connectivity index (χ3v) is 1.68. The van der Waals surface area contributed by atoms with Crippen LogP contribution in [0.1, 0.15) is 26.3 Å². The molecule has 1 aromatic carbocycles. The second kappa shape index (κ2) is 5.34. The van der Waals surface area contributed by atoms with Crippen LogP contribution in [0.3, 0.4) is 0 Å². The van der Waals surface area contributed by atoms with Gasteiger partial charge in [0.25, 0.3) is 0 Å². The highest BCUT2D eigenvalue weighted by Gasteiger charge is 2.10. The molecule has 0 aliphatic heterocycles. The number of benzene rings is 1. The van der Waals surface area contributed by atoms with Crippen LogP contribution in [0.5, 0.6) is 5.75 Å². The van der Waals surface area contributed by atoms with Gasteiger partial charge in [0.15, 0.2) is 0 Å². The van der Waals surface area contributed by atoms with Gasteiger partial charge in [-0.15, -0.1) is 5.10 Å². The quantitative estimate of drug-likeness (QED) is 0.471. The summed E-state index contributed by atoms with van der Waals surface area (Å²) in [6.45, 7) is 6.00. The number of hydrogen-bond donors (Lipinski definition) is 2. The minimum atomic E-state index is -0.200. The lowest BCUT2D eigenvalue weighted by molar-refractivity contribution is 0.131. The van der Waals surface area contributed by atoms with Crippen LogP contribution in [0.15, 0.2) is 34.5 Å². The molecule has 17 heavy (non-hydrogen) atoms. The Morgan fingerprint density at radius 3 is 2.24 bits per heavy atom. The van der Waals surface area contributed by atoms with Crippen LogP contribution in [0, 0.1) is 0 Å². The summed E-state index contributed by atoms with van der Waals surface area (Å²) in [5, 5.41) is 7.23. The Bertz CT molecular complexity index is 411. The van der Waals surface area contributed by atoms with E-state index >= 15 is 0 Å². The first-order valence-electron chi connectivity index (χ1n) is 5.28. The fourth-order valence-corrected chi connectivity index (χ4v) is 1.14. The van der Waals surface area contributed by atoms with Gasteiger partial charge in [0.2, 0.25) is 5.96 Å². The number of nitrogens with two attached hydrogens (primary N) is 2. The molecular formula is C12H18N4O. The van der Waals surface area contributed by atoms with Gasteiger partial charge >= 0.3 is 0 Å². The van der Waals surface area contributed by atoms with Gasteiger partial charge in [-0.1, -0.05) is 0 Å². The van der Waals surface area contributed by atoms with Crippen molar-refractivity contribution >= 4 is 12.2 Å². The molecule has 0 atom stereocenters. The molecule has 5 heteroatoms. The molecule has 0 heterocycles. The van der Waals surface area contributed by atoms with Crippen LogP contribution in [-0.4, -0.2) is 17.8 Å². The van der Waals surface area contributed by atoms with E-state index in [1.54, 1.807) is 6.21 Å². The lowest BCUT2D eigenvalue weighted by Gasteiger charge is -2.21. The highest BCUT2D eigenvalue weighted by Crippen LogP contribution is 2.17. The number of rotatable bonds is 3. The van der Waals surface area contributed by atoms with Gasteiger partial charge < -0.3 is 16.2 Å². The first-order chi connectivity index (χ1) is 7.87. The fraction of sp³-hybridized carbons (Fsp3) is 0.333. The van der Waals surface area contributed by atoms with E-state index in [0.29, 0.717) is 0 Å². The van der Waals surface area contributed by atoms with E-state index in [-0.39, 0.29) is 11.6 Å². The van der Waals surface area contributed by atoms with E-state index in [9.17, 15) is 0 Å². The fourth-order valence-electron chi connectivity index (χ4n) is 1.14. The maximum absolute atomic E-state index is 5.69. The van der Waals surface area contributed by atoms with Gasteiger partial charge in [0.1, 0.15) is 11.4 Å². The Kier molecular flexibility index (Phi) is 4.09. The molecule has 0 spiro atoms. The van der Waals surface area contributed by atoms with Gasteiger partial charge in [-0.25, -0.2) is 0 Å². The summed E-state index contributed by atoms with van der Waals surface area (Å²) >= 11 is 0. The molecule has 0 saturated carbocycles. The zero-order chi connectivity index (χ0) is 12.9. The van der Waals surface area contributed by atoms with Crippen molar-refractivity contribution in [3.63, 3.8) is 0 Å². The summed E-state index contributed by atoms with van der Waals surface area (Å²) < 4.78 is 5.69. The molecule has 5 nitrogen and oxygen atoms in total. The third kappa shape index (κ3) is 5.55. The summed E-state index contributed by atoms with van der Waals surface area (Å²) in [6.07, 6.45) is 1.57. The molecule has 0 radical (unpaired) electrons. The molecule has 0 amide bonds. The van der Waals surface area contributed by atoms with Gasteiger partial charge in [0.05, 0.1) is 6.21 Å². The zero-order valence-electron chi connectivity index (χ0n) is 10.3.